The molecule has 2 heterocycles. The minimum Gasteiger partial charge on any atom is -0.497 e. The number of nitrogens with zero attached hydrogens (tertiary/aromatic N) is 2. The molecular weight excluding hydrogens is 489 g/mol. The molecule has 0 saturated carbocycles. The molecule has 1 saturated heterocycles. The van der Waals surface area contributed by atoms with Gasteiger partial charge in [-0.2, -0.15) is 0 Å². The summed E-state index contributed by atoms with van der Waals surface area (Å²) in [5.41, 5.74) is 1.54. The Bertz CT molecular complexity index is 1560. The van der Waals surface area contributed by atoms with Crippen LogP contribution in [-0.4, -0.2) is 36.1 Å². The predicted molar refractivity (Wildman–Crippen MR) is 140 cm³/mol. The van der Waals surface area contributed by atoms with E-state index in [0.717, 1.165) is 33.7 Å². The van der Waals surface area contributed by atoms with Crippen molar-refractivity contribution in [3.8, 4) is 11.5 Å². The van der Waals surface area contributed by atoms with Gasteiger partial charge in [0.1, 0.15) is 22.9 Å². The molecule has 5 rings (SSSR count). The van der Waals surface area contributed by atoms with E-state index in [4.69, 9.17) is 9.47 Å². The van der Waals surface area contributed by atoms with Gasteiger partial charge in [0, 0.05) is 35.3 Å². The van der Waals surface area contributed by atoms with Gasteiger partial charge < -0.3 is 14.0 Å². The molecule has 1 fully saturated rings. The lowest BCUT2D eigenvalue weighted by Crippen LogP contribution is -2.54. The maximum absolute atomic E-state index is 13.4. The van der Waals surface area contributed by atoms with Crippen LogP contribution < -0.4 is 19.7 Å². The van der Waals surface area contributed by atoms with Crippen LogP contribution >= 0.6 is 0 Å². The number of amides is 4. The summed E-state index contributed by atoms with van der Waals surface area (Å²) in [4.78, 5) is 39.1. The van der Waals surface area contributed by atoms with E-state index in [2.05, 4.69) is 5.32 Å². The highest BCUT2D eigenvalue weighted by Gasteiger charge is 2.37. The topological polar surface area (TPSA) is 89.9 Å². The predicted octanol–water partition coefficient (Wildman–Crippen LogP) is 4.92. The van der Waals surface area contributed by atoms with E-state index in [0.29, 0.717) is 30.9 Å². The summed E-state index contributed by atoms with van der Waals surface area (Å²) in [6.07, 6.45) is 4.05. The first-order valence-electron chi connectivity index (χ1n) is 12.0. The molecule has 0 aliphatic carbocycles. The lowest BCUT2D eigenvalue weighted by atomic mass is 10.1. The largest absolute Gasteiger partial charge is 0.497 e. The van der Waals surface area contributed by atoms with Gasteiger partial charge in [-0.05, 0) is 55.0 Å². The van der Waals surface area contributed by atoms with Crippen LogP contribution in [0.2, 0.25) is 0 Å². The summed E-state index contributed by atoms with van der Waals surface area (Å²) in [6, 6.07) is 19.0. The normalized spacial score (nSPS) is 14.7. The van der Waals surface area contributed by atoms with Gasteiger partial charge in [-0.1, -0.05) is 24.3 Å². The summed E-state index contributed by atoms with van der Waals surface area (Å²) in [5, 5.41) is 3.04. The number of carbonyl (C=O) groups excluding carboxylic acids is 3. The Hall–Kier alpha value is -4.92. The number of imide groups is 2. The summed E-state index contributed by atoms with van der Waals surface area (Å²) in [7, 11) is 1.60. The summed E-state index contributed by atoms with van der Waals surface area (Å²) in [5.74, 6) is -0.644. The average molecular weight is 514 g/mol. The number of benzene rings is 3. The zero-order chi connectivity index (χ0) is 26.6. The van der Waals surface area contributed by atoms with Gasteiger partial charge in [-0.15, -0.1) is 0 Å². The van der Waals surface area contributed by atoms with Crippen molar-refractivity contribution < 1.29 is 28.2 Å². The minimum atomic E-state index is -0.887. The van der Waals surface area contributed by atoms with E-state index in [9.17, 15) is 18.8 Å². The number of nitrogens with one attached hydrogen (secondary N) is 1. The molecule has 0 atom stereocenters. The van der Waals surface area contributed by atoms with Gasteiger partial charge in [0.05, 0.1) is 19.4 Å². The van der Waals surface area contributed by atoms with E-state index >= 15 is 0 Å². The Balaban J connectivity index is 1.38. The zero-order valence-electron chi connectivity index (χ0n) is 20.5. The van der Waals surface area contributed by atoms with E-state index < -0.39 is 23.7 Å². The van der Waals surface area contributed by atoms with Crippen LogP contribution in [0.25, 0.3) is 17.0 Å². The molecule has 4 aromatic rings. The Morgan fingerprint density at radius 3 is 2.50 bits per heavy atom. The number of aromatic nitrogens is 1. The maximum Gasteiger partial charge on any atom is 0.335 e. The number of para-hydroxylation sites is 1. The lowest BCUT2D eigenvalue weighted by Gasteiger charge is -2.26. The fourth-order valence-corrected chi connectivity index (χ4v) is 4.33. The number of urea groups is 1. The first kappa shape index (κ1) is 24.8. The highest BCUT2D eigenvalue weighted by molar-refractivity contribution is 6.39. The van der Waals surface area contributed by atoms with E-state index in [1.807, 2.05) is 59.3 Å². The second-order valence-electron chi connectivity index (χ2n) is 8.61. The van der Waals surface area contributed by atoms with Crippen molar-refractivity contribution >= 4 is 40.5 Å². The third kappa shape index (κ3) is 4.99. The smallest absolute Gasteiger partial charge is 0.335 e. The first-order valence-corrected chi connectivity index (χ1v) is 12.0. The van der Waals surface area contributed by atoms with Gasteiger partial charge in [0.2, 0.25) is 0 Å². The summed E-state index contributed by atoms with van der Waals surface area (Å²) >= 11 is 0. The van der Waals surface area contributed by atoms with Crippen molar-refractivity contribution in [3.05, 3.63) is 95.9 Å². The third-order valence-electron chi connectivity index (χ3n) is 6.16. The van der Waals surface area contributed by atoms with Gasteiger partial charge in [0.25, 0.3) is 11.8 Å². The molecule has 1 aromatic heterocycles. The van der Waals surface area contributed by atoms with Gasteiger partial charge in [-0.25, -0.2) is 14.1 Å². The molecule has 1 N–H and O–H groups in total. The molecule has 3 aromatic carbocycles. The molecule has 1 aliphatic rings. The van der Waals surface area contributed by atoms with Crippen LogP contribution in [0.15, 0.2) is 84.6 Å². The highest BCUT2D eigenvalue weighted by Crippen LogP contribution is 2.27. The molecule has 192 valence electrons. The Morgan fingerprint density at radius 1 is 0.947 bits per heavy atom. The third-order valence-corrected chi connectivity index (χ3v) is 6.16. The van der Waals surface area contributed by atoms with E-state index in [1.165, 1.54) is 18.2 Å². The van der Waals surface area contributed by atoms with Crippen LogP contribution in [0, 0.1) is 5.82 Å². The number of ether oxygens (including phenoxy) is 2. The van der Waals surface area contributed by atoms with Crippen LogP contribution in [0.4, 0.5) is 14.9 Å². The number of halogens is 1. The van der Waals surface area contributed by atoms with Crippen molar-refractivity contribution in [2.24, 2.45) is 0 Å². The number of hydrogen-bond acceptors (Lipinski definition) is 5. The van der Waals surface area contributed by atoms with Crippen LogP contribution in [0.3, 0.4) is 0 Å². The van der Waals surface area contributed by atoms with Crippen molar-refractivity contribution in [2.75, 3.05) is 18.6 Å². The lowest BCUT2D eigenvalue weighted by molar-refractivity contribution is -0.122. The number of methoxy groups -OCH3 is 1. The maximum atomic E-state index is 13.4. The Kier molecular flexibility index (Phi) is 6.90. The second-order valence-corrected chi connectivity index (χ2v) is 8.61. The average Bonchev–Trinajstić information content (AvgIpc) is 3.27. The highest BCUT2D eigenvalue weighted by atomic mass is 19.1. The SMILES string of the molecule is COc1cccc(OCCCn2cc(/C=C3/C(=O)NC(=O)N(c4ccc(F)cc4)C3=O)c3ccccc32)c1. The number of barbiturate groups is 1. The van der Waals surface area contributed by atoms with E-state index in [1.54, 1.807) is 7.11 Å². The molecular formula is C29H24FN3O5. The van der Waals surface area contributed by atoms with E-state index in [-0.39, 0.29) is 11.3 Å². The fraction of sp³-hybridized carbons (Fsp3) is 0.138. The molecule has 4 amide bonds. The van der Waals surface area contributed by atoms with Crippen molar-refractivity contribution in [2.45, 2.75) is 13.0 Å². The van der Waals surface area contributed by atoms with Gasteiger partial charge >= 0.3 is 6.03 Å². The number of anilines is 1. The monoisotopic (exact) mass is 513 g/mol. The minimum absolute atomic E-state index is 0.158. The molecule has 0 radical (unpaired) electrons. The van der Waals surface area contributed by atoms with Crippen LogP contribution in [0.1, 0.15) is 12.0 Å². The molecule has 0 spiro atoms. The quantitative estimate of drug-likeness (QED) is 0.205. The standard InChI is InChI=1S/C29H24FN3O5/c1-37-22-6-4-7-23(17-22)38-15-5-14-32-18-19(24-8-2-3-9-26(24)32)16-25-27(34)31-29(36)33(28(25)35)21-12-10-20(30)11-13-21/h2-4,6-13,16-18H,5,14-15H2,1H3,(H,31,34,36)/b25-16-. The summed E-state index contributed by atoms with van der Waals surface area (Å²) < 4.78 is 26.5. The van der Waals surface area contributed by atoms with Crippen molar-refractivity contribution in [1.82, 2.24) is 9.88 Å². The molecule has 0 bridgehead atoms. The number of hydrogen-bond donors (Lipinski definition) is 1. The van der Waals surface area contributed by atoms with Crippen molar-refractivity contribution in [1.29, 1.82) is 0 Å². The summed E-state index contributed by atoms with van der Waals surface area (Å²) in [6.45, 7) is 1.11. The molecule has 9 heteroatoms. The molecule has 0 unspecified atom stereocenters. The molecule has 8 nitrogen and oxygen atoms in total. The molecule has 38 heavy (non-hydrogen) atoms. The number of fused-ring (bicyclic) bond motifs is 1. The van der Waals surface area contributed by atoms with Crippen LogP contribution in [-0.2, 0) is 16.1 Å². The number of carbonyl (C=O) groups is 3. The fourth-order valence-electron chi connectivity index (χ4n) is 4.33. The number of rotatable bonds is 8. The first-order chi connectivity index (χ1) is 18.4. The Labute approximate surface area is 217 Å². The van der Waals surface area contributed by atoms with Gasteiger partial charge in [-0.3, -0.25) is 14.9 Å². The number of aryl methyl sites for hydroxylation is 1. The molecule has 1 aliphatic heterocycles. The Morgan fingerprint density at radius 2 is 1.71 bits per heavy atom. The zero-order valence-corrected chi connectivity index (χ0v) is 20.5. The second kappa shape index (κ2) is 10.6. The van der Waals surface area contributed by atoms with Crippen molar-refractivity contribution in [3.63, 3.8) is 0 Å². The van der Waals surface area contributed by atoms with Crippen LogP contribution in [0.5, 0.6) is 11.5 Å². The van der Waals surface area contributed by atoms with Gasteiger partial charge in [0.15, 0.2) is 0 Å².